The van der Waals surface area contributed by atoms with Crippen LogP contribution in [0.1, 0.15) is 6.92 Å². The molecule has 0 radical (unpaired) electrons. The summed E-state index contributed by atoms with van der Waals surface area (Å²) in [4.78, 5) is 20.4. The highest BCUT2D eigenvalue weighted by Gasteiger charge is 2.23. The molecular formula is C11H16O5. The van der Waals surface area contributed by atoms with E-state index in [0.29, 0.717) is 19.8 Å². The zero-order valence-corrected chi connectivity index (χ0v) is 9.31. The summed E-state index contributed by atoms with van der Waals surface area (Å²) < 4.78 is 13.9. The van der Waals surface area contributed by atoms with Crippen molar-refractivity contribution >= 4 is 11.9 Å². The Morgan fingerprint density at radius 3 is 2.12 bits per heavy atom. The summed E-state index contributed by atoms with van der Waals surface area (Å²) in [6, 6.07) is 0. The van der Waals surface area contributed by atoms with Crippen LogP contribution in [0.25, 0.3) is 0 Å². The number of esters is 2. The molecule has 1 saturated heterocycles. The molecule has 5 nitrogen and oxygen atoms in total. The van der Waals surface area contributed by atoms with E-state index in [-0.39, 0.29) is 18.0 Å². The van der Waals surface area contributed by atoms with E-state index in [9.17, 15) is 9.59 Å². The second-order valence-corrected chi connectivity index (χ2v) is 2.75. The standard InChI is InChI=1S/C6H8O3.C5H8O2/c1-2-6(7)9-4-5-3-8-5;1-3-5(6)7-4-2/h2,5H,1,3-4H2;3H,1,4H2,2H3. The third kappa shape index (κ3) is 8.96. The summed E-state index contributed by atoms with van der Waals surface area (Å²) in [6.07, 6.45) is 2.43. The molecule has 0 aromatic rings. The zero-order valence-electron chi connectivity index (χ0n) is 9.31. The highest BCUT2D eigenvalue weighted by Crippen LogP contribution is 2.08. The van der Waals surface area contributed by atoms with Gasteiger partial charge in [0, 0.05) is 12.2 Å². The van der Waals surface area contributed by atoms with Gasteiger partial charge < -0.3 is 14.2 Å². The Bertz CT molecular complexity index is 255. The van der Waals surface area contributed by atoms with Crippen LogP contribution >= 0.6 is 0 Å². The van der Waals surface area contributed by atoms with Crippen LogP contribution in [0, 0.1) is 0 Å². The van der Waals surface area contributed by atoms with Gasteiger partial charge >= 0.3 is 11.9 Å². The van der Waals surface area contributed by atoms with Gasteiger partial charge in [-0.15, -0.1) is 0 Å². The number of hydrogen-bond donors (Lipinski definition) is 0. The number of epoxide rings is 1. The molecular weight excluding hydrogens is 212 g/mol. The Labute approximate surface area is 94.7 Å². The highest BCUT2D eigenvalue weighted by molar-refractivity contribution is 5.81. The monoisotopic (exact) mass is 228 g/mol. The summed E-state index contributed by atoms with van der Waals surface area (Å²) in [5.74, 6) is -0.743. The van der Waals surface area contributed by atoms with Gasteiger partial charge in [0.1, 0.15) is 12.7 Å². The summed E-state index contributed by atoms with van der Waals surface area (Å²) >= 11 is 0. The van der Waals surface area contributed by atoms with E-state index in [1.165, 1.54) is 0 Å². The van der Waals surface area contributed by atoms with Gasteiger partial charge in [-0.2, -0.15) is 0 Å². The fourth-order valence-corrected chi connectivity index (χ4v) is 0.599. The van der Waals surface area contributed by atoms with Crippen LogP contribution in [-0.2, 0) is 23.8 Å². The van der Waals surface area contributed by atoms with E-state index in [1.807, 2.05) is 0 Å². The lowest BCUT2D eigenvalue weighted by Crippen LogP contribution is -2.06. The lowest BCUT2D eigenvalue weighted by molar-refractivity contribution is -0.138. The van der Waals surface area contributed by atoms with Crippen LogP contribution in [0.5, 0.6) is 0 Å². The molecule has 1 rings (SSSR count). The molecule has 0 bridgehead atoms. The summed E-state index contributed by atoms with van der Waals surface area (Å²) in [5, 5.41) is 0. The van der Waals surface area contributed by atoms with Crippen LogP contribution in [0.2, 0.25) is 0 Å². The molecule has 1 atom stereocenters. The topological polar surface area (TPSA) is 65.1 Å². The molecule has 5 heteroatoms. The fourth-order valence-electron chi connectivity index (χ4n) is 0.599. The van der Waals surface area contributed by atoms with Crippen molar-refractivity contribution in [1.29, 1.82) is 0 Å². The molecule has 0 spiro atoms. The van der Waals surface area contributed by atoms with Crippen molar-refractivity contribution in [1.82, 2.24) is 0 Å². The molecule has 0 amide bonds. The largest absolute Gasteiger partial charge is 0.463 e. The predicted molar refractivity (Wildman–Crippen MR) is 57.7 cm³/mol. The average Bonchev–Trinajstić information content (AvgIpc) is 3.10. The number of hydrogen-bond acceptors (Lipinski definition) is 5. The molecule has 0 aliphatic carbocycles. The zero-order chi connectivity index (χ0) is 12.4. The van der Waals surface area contributed by atoms with E-state index < -0.39 is 0 Å². The van der Waals surface area contributed by atoms with E-state index in [4.69, 9.17) is 4.74 Å². The minimum atomic E-state index is -0.384. The maximum Gasteiger partial charge on any atom is 0.330 e. The molecule has 0 saturated carbocycles. The SMILES string of the molecule is C=CC(=O)OCC.C=CC(=O)OCC1CO1. The van der Waals surface area contributed by atoms with Crippen molar-refractivity contribution in [3.8, 4) is 0 Å². The van der Waals surface area contributed by atoms with Crippen LogP contribution in [-0.4, -0.2) is 37.9 Å². The Morgan fingerprint density at radius 2 is 1.81 bits per heavy atom. The molecule has 1 aliphatic heterocycles. The summed E-state index contributed by atoms with van der Waals surface area (Å²) in [7, 11) is 0. The maximum atomic E-state index is 10.3. The van der Waals surface area contributed by atoms with Crippen LogP contribution in [0.4, 0.5) is 0 Å². The Balaban J connectivity index is 0.000000293. The smallest absolute Gasteiger partial charge is 0.330 e. The van der Waals surface area contributed by atoms with Gasteiger partial charge in [-0.25, -0.2) is 9.59 Å². The fraction of sp³-hybridized carbons (Fsp3) is 0.455. The first kappa shape index (κ1) is 14.4. The Morgan fingerprint density at radius 1 is 1.31 bits per heavy atom. The first-order chi connectivity index (χ1) is 7.63. The van der Waals surface area contributed by atoms with Crippen LogP contribution in [0.15, 0.2) is 25.3 Å². The van der Waals surface area contributed by atoms with Crippen molar-refractivity contribution in [3.63, 3.8) is 0 Å². The Kier molecular flexibility index (Phi) is 7.79. The van der Waals surface area contributed by atoms with Crippen molar-refractivity contribution < 1.29 is 23.8 Å². The second kappa shape index (κ2) is 8.67. The van der Waals surface area contributed by atoms with Crippen LogP contribution in [0.3, 0.4) is 0 Å². The lowest BCUT2D eigenvalue weighted by Gasteiger charge is -1.94. The number of ether oxygens (including phenoxy) is 3. The van der Waals surface area contributed by atoms with E-state index in [1.54, 1.807) is 6.92 Å². The summed E-state index contributed by atoms with van der Waals surface area (Å²) in [6.45, 7) is 9.70. The Hall–Kier alpha value is -1.62. The molecule has 0 aromatic heterocycles. The van der Waals surface area contributed by atoms with Gasteiger partial charge in [0.15, 0.2) is 0 Å². The molecule has 0 N–H and O–H groups in total. The first-order valence-corrected chi connectivity index (χ1v) is 4.84. The molecule has 0 aromatic carbocycles. The van der Waals surface area contributed by atoms with Gasteiger partial charge in [-0.05, 0) is 6.92 Å². The average molecular weight is 228 g/mol. The van der Waals surface area contributed by atoms with Crippen molar-refractivity contribution in [2.45, 2.75) is 13.0 Å². The molecule has 90 valence electrons. The normalized spacial score (nSPS) is 16.2. The second-order valence-electron chi connectivity index (χ2n) is 2.75. The highest BCUT2D eigenvalue weighted by atomic mass is 16.6. The molecule has 1 unspecified atom stereocenters. The molecule has 1 aliphatic rings. The quantitative estimate of drug-likeness (QED) is 0.396. The summed E-state index contributed by atoms with van der Waals surface area (Å²) in [5.41, 5.74) is 0. The lowest BCUT2D eigenvalue weighted by atomic mass is 10.5. The predicted octanol–water partition coefficient (Wildman–Crippen LogP) is 0.850. The van der Waals surface area contributed by atoms with Gasteiger partial charge in [-0.3, -0.25) is 0 Å². The van der Waals surface area contributed by atoms with Crippen molar-refractivity contribution in [3.05, 3.63) is 25.3 Å². The van der Waals surface area contributed by atoms with Crippen LogP contribution < -0.4 is 0 Å². The third-order valence-corrected chi connectivity index (χ3v) is 1.43. The third-order valence-electron chi connectivity index (χ3n) is 1.43. The van der Waals surface area contributed by atoms with E-state index in [0.717, 1.165) is 12.2 Å². The minimum Gasteiger partial charge on any atom is -0.463 e. The van der Waals surface area contributed by atoms with E-state index in [2.05, 4.69) is 22.6 Å². The minimum absolute atomic E-state index is 0.147. The van der Waals surface area contributed by atoms with Crippen molar-refractivity contribution in [2.75, 3.05) is 19.8 Å². The number of carbonyl (C=O) groups excluding carboxylic acids is 2. The molecule has 1 fully saturated rings. The number of rotatable bonds is 5. The van der Waals surface area contributed by atoms with Crippen molar-refractivity contribution in [2.24, 2.45) is 0 Å². The number of carbonyl (C=O) groups is 2. The van der Waals surface area contributed by atoms with E-state index >= 15 is 0 Å². The first-order valence-electron chi connectivity index (χ1n) is 4.84. The van der Waals surface area contributed by atoms with Gasteiger partial charge in [-0.1, -0.05) is 13.2 Å². The molecule has 16 heavy (non-hydrogen) atoms. The van der Waals surface area contributed by atoms with Gasteiger partial charge in [0.25, 0.3) is 0 Å². The van der Waals surface area contributed by atoms with Gasteiger partial charge in [0.2, 0.25) is 0 Å². The van der Waals surface area contributed by atoms with Gasteiger partial charge in [0.05, 0.1) is 13.2 Å². The molecule has 1 heterocycles. The maximum absolute atomic E-state index is 10.3.